The van der Waals surface area contributed by atoms with Crippen LogP contribution in [0.4, 0.5) is 0 Å². The van der Waals surface area contributed by atoms with Gasteiger partial charge in [0.2, 0.25) is 0 Å². The maximum absolute atomic E-state index is 5.12. The van der Waals surface area contributed by atoms with Crippen LogP contribution in [0.25, 0.3) is 0 Å². The molecular weight excluding hydrogens is 118 g/mol. The fourth-order valence-corrected chi connectivity index (χ4v) is 0.911. The van der Waals surface area contributed by atoms with Crippen molar-refractivity contribution in [2.45, 2.75) is 19.1 Å². The number of hydrogen-bond donors (Lipinski definition) is 1. The Balaban J connectivity index is 2.93. The fourth-order valence-electron chi connectivity index (χ4n) is 0.304. The Hall–Kier alpha value is -0.110. The summed E-state index contributed by atoms with van der Waals surface area (Å²) in [7, 11) is 0. The van der Waals surface area contributed by atoms with E-state index in [1.165, 1.54) is 0 Å². The van der Waals surface area contributed by atoms with E-state index in [9.17, 15) is 0 Å². The molecule has 1 nitrogen and oxygen atoms in total. The average molecular weight is 131 g/mol. The summed E-state index contributed by atoms with van der Waals surface area (Å²) < 4.78 is 0. The number of thioether (sulfide) groups is 1. The van der Waals surface area contributed by atoms with Crippen LogP contribution >= 0.6 is 11.8 Å². The Morgan fingerprint density at radius 2 is 2.25 bits per heavy atom. The first-order chi connectivity index (χ1) is 3.77. The van der Waals surface area contributed by atoms with Crippen LogP contribution in [0.1, 0.15) is 13.8 Å². The highest BCUT2D eigenvalue weighted by Crippen LogP contribution is 2.07. The summed E-state index contributed by atoms with van der Waals surface area (Å²) in [5.74, 6) is 1.04. The predicted molar refractivity (Wildman–Crippen MR) is 40.9 cm³/mol. The zero-order valence-electron chi connectivity index (χ0n) is 5.42. The molecule has 0 bridgehead atoms. The van der Waals surface area contributed by atoms with Crippen LogP contribution in [0.5, 0.6) is 0 Å². The molecule has 0 aromatic heterocycles. The van der Waals surface area contributed by atoms with Crippen molar-refractivity contribution in [1.29, 1.82) is 0 Å². The normalized spacial score (nSPS) is 11.4. The molecule has 0 rings (SSSR count). The minimum atomic E-state index is 0.714. The summed E-state index contributed by atoms with van der Waals surface area (Å²) in [4.78, 5) is 0. The second-order valence-corrected chi connectivity index (χ2v) is 3.42. The maximum Gasteiger partial charge on any atom is 0.0133 e. The molecule has 0 atom stereocenters. The van der Waals surface area contributed by atoms with E-state index in [2.05, 4.69) is 13.8 Å². The van der Waals surface area contributed by atoms with E-state index in [1.807, 2.05) is 17.8 Å². The largest absolute Gasteiger partial charge is 0.405 e. The molecule has 0 aromatic rings. The van der Waals surface area contributed by atoms with Gasteiger partial charge in [-0.25, -0.2) is 0 Å². The topological polar surface area (TPSA) is 26.0 Å². The Bertz CT molecular complexity index is 68.9. The van der Waals surface area contributed by atoms with Crippen molar-refractivity contribution in [2.24, 2.45) is 5.73 Å². The molecule has 0 amide bonds. The van der Waals surface area contributed by atoms with E-state index in [1.54, 1.807) is 6.20 Å². The van der Waals surface area contributed by atoms with Gasteiger partial charge in [-0.3, -0.25) is 0 Å². The third-order valence-electron chi connectivity index (χ3n) is 0.662. The van der Waals surface area contributed by atoms with Crippen LogP contribution in [0.15, 0.2) is 12.3 Å². The second kappa shape index (κ2) is 5.04. The van der Waals surface area contributed by atoms with Gasteiger partial charge < -0.3 is 5.73 Å². The van der Waals surface area contributed by atoms with E-state index in [-0.39, 0.29) is 0 Å². The van der Waals surface area contributed by atoms with Crippen LogP contribution in [0.3, 0.4) is 0 Å². The predicted octanol–water partition coefficient (Wildman–Crippen LogP) is 1.60. The number of hydrogen-bond acceptors (Lipinski definition) is 2. The highest BCUT2D eigenvalue weighted by Gasteiger charge is 1.87. The van der Waals surface area contributed by atoms with Gasteiger partial charge in [0.05, 0.1) is 0 Å². The molecule has 0 aliphatic heterocycles. The molecule has 2 N–H and O–H groups in total. The molecule has 0 aliphatic rings. The lowest BCUT2D eigenvalue weighted by Crippen LogP contribution is -1.87. The van der Waals surface area contributed by atoms with Gasteiger partial charge in [0, 0.05) is 5.75 Å². The van der Waals surface area contributed by atoms with Crippen molar-refractivity contribution in [2.75, 3.05) is 5.75 Å². The summed E-state index contributed by atoms with van der Waals surface area (Å²) in [6.07, 6.45) is 3.56. The van der Waals surface area contributed by atoms with Gasteiger partial charge in [0.25, 0.3) is 0 Å². The summed E-state index contributed by atoms with van der Waals surface area (Å²) >= 11 is 1.89. The summed E-state index contributed by atoms with van der Waals surface area (Å²) in [5, 5.41) is 0.714. The van der Waals surface area contributed by atoms with Crippen molar-refractivity contribution in [3.8, 4) is 0 Å². The lowest BCUT2D eigenvalue weighted by Gasteiger charge is -1.97. The molecule has 0 spiro atoms. The lowest BCUT2D eigenvalue weighted by molar-refractivity contribution is 1.11. The molecule has 0 saturated carbocycles. The van der Waals surface area contributed by atoms with E-state index < -0.39 is 0 Å². The third kappa shape index (κ3) is 5.89. The molecule has 2 heteroatoms. The molecule has 8 heavy (non-hydrogen) atoms. The van der Waals surface area contributed by atoms with Crippen LogP contribution in [-0.2, 0) is 0 Å². The van der Waals surface area contributed by atoms with E-state index in [0.717, 1.165) is 5.75 Å². The zero-order valence-corrected chi connectivity index (χ0v) is 6.24. The first-order valence-corrected chi connectivity index (χ1v) is 3.80. The molecule has 48 valence electrons. The smallest absolute Gasteiger partial charge is 0.0133 e. The summed E-state index contributed by atoms with van der Waals surface area (Å²) in [6, 6.07) is 0. The first-order valence-electron chi connectivity index (χ1n) is 2.75. The summed E-state index contributed by atoms with van der Waals surface area (Å²) in [6.45, 7) is 4.35. The lowest BCUT2D eigenvalue weighted by atomic mass is 10.6. The van der Waals surface area contributed by atoms with Crippen molar-refractivity contribution in [3.05, 3.63) is 12.3 Å². The van der Waals surface area contributed by atoms with Crippen molar-refractivity contribution >= 4 is 11.8 Å². The van der Waals surface area contributed by atoms with Gasteiger partial charge in [0.15, 0.2) is 0 Å². The van der Waals surface area contributed by atoms with Crippen LogP contribution in [0, 0.1) is 0 Å². The highest BCUT2D eigenvalue weighted by molar-refractivity contribution is 7.99. The first kappa shape index (κ1) is 7.89. The minimum absolute atomic E-state index is 0.714. The third-order valence-corrected chi connectivity index (χ3v) is 1.71. The van der Waals surface area contributed by atoms with E-state index >= 15 is 0 Å². The second-order valence-electron chi connectivity index (χ2n) is 1.81. The van der Waals surface area contributed by atoms with Gasteiger partial charge in [0.1, 0.15) is 0 Å². The molecule has 0 aromatic carbocycles. The molecule has 0 aliphatic carbocycles. The Morgan fingerprint density at radius 3 is 2.62 bits per heavy atom. The maximum atomic E-state index is 5.12. The average Bonchev–Trinajstić information content (AvgIpc) is 1.66. The van der Waals surface area contributed by atoms with Crippen LogP contribution < -0.4 is 5.73 Å². The minimum Gasteiger partial charge on any atom is -0.405 e. The van der Waals surface area contributed by atoms with Gasteiger partial charge in [-0.05, 0) is 11.4 Å². The van der Waals surface area contributed by atoms with E-state index in [4.69, 9.17) is 5.73 Å². The zero-order chi connectivity index (χ0) is 6.41. The SMILES string of the molecule is CC(C)SCC=CN. The number of rotatable bonds is 3. The molecule has 0 unspecified atom stereocenters. The van der Waals surface area contributed by atoms with Gasteiger partial charge in [-0.1, -0.05) is 19.9 Å². The Labute approximate surface area is 55.3 Å². The Morgan fingerprint density at radius 1 is 1.62 bits per heavy atom. The van der Waals surface area contributed by atoms with Crippen molar-refractivity contribution in [3.63, 3.8) is 0 Å². The monoisotopic (exact) mass is 131 g/mol. The Kier molecular flexibility index (Phi) is 4.97. The number of nitrogens with two attached hydrogens (primary N) is 1. The van der Waals surface area contributed by atoms with Crippen LogP contribution in [-0.4, -0.2) is 11.0 Å². The summed E-state index contributed by atoms with van der Waals surface area (Å²) in [5.41, 5.74) is 5.12. The van der Waals surface area contributed by atoms with E-state index in [0.29, 0.717) is 5.25 Å². The molecule has 0 fully saturated rings. The quantitative estimate of drug-likeness (QED) is 0.629. The van der Waals surface area contributed by atoms with Crippen molar-refractivity contribution in [1.82, 2.24) is 0 Å². The molecular formula is C6H13NS. The molecule has 0 heterocycles. The molecule has 0 radical (unpaired) electrons. The van der Waals surface area contributed by atoms with Gasteiger partial charge in [-0.2, -0.15) is 11.8 Å². The standard InChI is InChI=1S/C6H13NS/c1-6(2)8-5-3-4-7/h3-4,6H,5,7H2,1-2H3. The van der Waals surface area contributed by atoms with Crippen molar-refractivity contribution < 1.29 is 0 Å². The van der Waals surface area contributed by atoms with Gasteiger partial charge >= 0.3 is 0 Å². The highest BCUT2D eigenvalue weighted by atomic mass is 32.2. The van der Waals surface area contributed by atoms with Crippen LogP contribution in [0.2, 0.25) is 0 Å². The van der Waals surface area contributed by atoms with Gasteiger partial charge in [-0.15, -0.1) is 0 Å². The fraction of sp³-hybridized carbons (Fsp3) is 0.667. The molecule has 0 saturated heterocycles.